The van der Waals surface area contributed by atoms with E-state index in [2.05, 4.69) is 4.72 Å². The number of fused-ring (bicyclic) bond motifs is 1. The molecule has 2 aromatic rings. The van der Waals surface area contributed by atoms with Gasteiger partial charge in [-0.15, -0.1) is 0 Å². The van der Waals surface area contributed by atoms with Gasteiger partial charge in [-0.1, -0.05) is 24.3 Å². The SMILES string of the molecule is CS(=O)(=O)NC1OB(O)c2cc(Oc3ccccc3)ccc21. The monoisotopic (exact) mass is 319 g/mol. The van der Waals surface area contributed by atoms with Crippen LogP contribution in [-0.4, -0.2) is 26.8 Å². The molecule has 114 valence electrons. The number of benzene rings is 2. The van der Waals surface area contributed by atoms with Crippen molar-refractivity contribution in [3.63, 3.8) is 0 Å². The first-order chi connectivity index (χ1) is 10.4. The molecule has 1 heterocycles. The first-order valence-electron chi connectivity index (χ1n) is 6.60. The van der Waals surface area contributed by atoms with Gasteiger partial charge in [0.15, 0.2) is 0 Å². The van der Waals surface area contributed by atoms with Crippen molar-refractivity contribution >= 4 is 22.6 Å². The van der Waals surface area contributed by atoms with Crippen molar-refractivity contribution < 1.29 is 22.8 Å². The minimum Gasteiger partial charge on any atom is -0.457 e. The predicted octanol–water partition coefficient (Wildman–Crippen LogP) is 0.744. The third-order valence-electron chi connectivity index (χ3n) is 3.17. The molecule has 0 saturated carbocycles. The molecule has 2 aromatic carbocycles. The van der Waals surface area contributed by atoms with Crippen molar-refractivity contribution in [3.8, 4) is 11.5 Å². The molecule has 0 spiro atoms. The lowest BCUT2D eigenvalue weighted by molar-refractivity contribution is 0.180. The second kappa shape index (κ2) is 5.73. The zero-order chi connectivity index (χ0) is 15.7. The largest absolute Gasteiger partial charge is 0.493 e. The number of hydrogen-bond donors (Lipinski definition) is 2. The molecule has 0 bridgehead atoms. The lowest BCUT2D eigenvalue weighted by atomic mass is 9.79. The quantitative estimate of drug-likeness (QED) is 0.812. The predicted molar refractivity (Wildman–Crippen MR) is 82.4 cm³/mol. The molecule has 22 heavy (non-hydrogen) atoms. The third kappa shape index (κ3) is 3.31. The summed E-state index contributed by atoms with van der Waals surface area (Å²) in [5.41, 5.74) is 1.05. The number of nitrogens with one attached hydrogen (secondary N) is 1. The van der Waals surface area contributed by atoms with E-state index >= 15 is 0 Å². The molecule has 0 radical (unpaired) electrons. The summed E-state index contributed by atoms with van der Waals surface area (Å²) in [6, 6.07) is 14.2. The van der Waals surface area contributed by atoms with Crippen molar-refractivity contribution in [2.24, 2.45) is 0 Å². The average Bonchev–Trinajstić information content (AvgIpc) is 2.74. The maximum atomic E-state index is 11.3. The van der Waals surface area contributed by atoms with Gasteiger partial charge in [-0.3, -0.25) is 0 Å². The van der Waals surface area contributed by atoms with E-state index < -0.39 is 23.4 Å². The van der Waals surface area contributed by atoms with Crippen LogP contribution in [0.2, 0.25) is 0 Å². The first kappa shape index (κ1) is 15.0. The molecule has 0 aliphatic carbocycles. The molecule has 1 aliphatic heterocycles. The first-order valence-corrected chi connectivity index (χ1v) is 8.49. The number of para-hydroxylation sites is 1. The highest BCUT2D eigenvalue weighted by Gasteiger charge is 2.36. The highest BCUT2D eigenvalue weighted by atomic mass is 32.2. The fraction of sp³-hybridized carbons (Fsp3) is 0.143. The van der Waals surface area contributed by atoms with E-state index in [4.69, 9.17) is 9.39 Å². The molecular weight excluding hydrogens is 305 g/mol. The number of sulfonamides is 1. The summed E-state index contributed by atoms with van der Waals surface area (Å²) in [6.45, 7) is 0. The number of hydrogen-bond acceptors (Lipinski definition) is 5. The fourth-order valence-electron chi connectivity index (χ4n) is 2.25. The van der Waals surface area contributed by atoms with Crippen LogP contribution >= 0.6 is 0 Å². The average molecular weight is 319 g/mol. The molecule has 0 fully saturated rings. The Kier molecular flexibility index (Phi) is 3.92. The lowest BCUT2D eigenvalue weighted by Gasteiger charge is -2.13. The van der Waals surface area contributed by atoms with Crippen molar-refractivity contribution in [1.29, 1.82) is 0 Å². The van der Waals surface area contributed by atoms with Gasteiger partial charge in [0.25, 0.3) is 0 Å². The van der Waals surface area contributed by atoms with Crippen LogP contribution in [-0.2, 0) is 14.7 Å². The second-order valence-corrected chi connectivity index (χ2v) is 6.74. The Morgan fingerprint density at radius 2 is 1.91 bits per heavy atom. The summed E-state index contributed by atoms with van der Waals surface area (Å²) in [7, 11) is -4.65. The van der Waals surface area contributed by atoms with Gasteiger partial charge in [0.1, 0.15) is 17.7 Å². The molecule has 0 amide bonds. The molecule has 2 N–H and O–H groups in total. The van der Waals surface area contributed by atoms with Crippen LogP contribution < -0.4 is 14.9 Å². The van der Waals surface area contributed by atoms with Crippen LogP contribution in [0.1, 0.15) is 11.8 Å². The minimum atomic E-state index is -3.45. The molecular formula is C14H14BNO5S. The Balaban J connectivity index is 1.86. The van der Waals surface area contributed by atoms with Gasteiger partial charge in [-0.05, 0) is 35.3 Å². The Morgan fingerprint density at radius 1 is 1.18 bits per heavy atom. The Hall–Kier alpha value is -1.87. The van der Waals surface area contributed by atoms with Gasteiger partial charge in [0.05, 0.1) is 6.26 Å². The van der Waals surface area contributed by atoms with Crippen LogP contribution in [0.4, 0.5) is 0 Å². The maximum Gasteiger partial charge on any atom is 0.493 e. The van der Waals surface area contributed by atoms with E-state index in [-0.39, 0.29) is 0 Å². The summed E-state index contributed by atoms with van der Waals surface area (Å²) in [4.78, 5) is 0. The highest BCUT2D eigenvalue weighted by Crippen LogP contribution is 2.27. The van der Waals surface area contributed by atoms with Crippen LogP contribution in [0.25, 0.3) is 0 Å². The second-order valence-electron chi connectivity index (χ2n) is 4.96. The summed E-state index contributed by atoms with van der Waals surface area (Å²) < 4.78 is 35.9. The molecule has 6 nitrogen and oxygen atoms in total. The summed E-state index contributed by atoms with van der Waals surface area (Å²) in [5.74, 6) is 1.20. The van der Waals surface area contributed by atoms with Crippen LogP contribution in [0.15, 0.2) is 48.5 Å². The van der Waals surface area contributed by atoms with E-state index in [0.29, 0.717) is 22.5 Å². The Morgan fingerprint density at radius 3 is 2.59 bits per heavy atom. The number of rotatable bonds is 4. The molecule has 3 rings (SSSR count). The normalized spacial score (nSPS) is 17.4. The third-order valence-corrected chi connectivity index (χ3v) is 3.81. The van der Waals surface area contributed by atoms with Crippen LogP contribution in [0, 0.1) is 0 Å². The number of ether oxygens (including phenoxy) is 1. The lowest BCUT2D eigenvalue weighted by Crippen LogP contribution is -2.29. The van der Waals surface area contributed by atoms with Crippen molar-refractivity contribution in [2.45, 2.75) is 6.23 Å². The van der Waals surface area contributed by atoms with Crippen molar-refractivity contribution in [3.05, 3.63) is 54.1 Å². The van der Waals surface area contributed by atoms with Gasteiger partial charge in [0, 0.05) is 0 Å². The van der Waals surface area contributed by atoms with Crippen molar-refractivity contribution in [2.75, 3.05) is 6.26 Å². The Labute approximate surface area is 128 Å². The molecule has 1 atom stereocenters. The molecule has 0 saturated heterocycles. The Bertz CT molecular complexity index is 781. The zero-order valence-corrected chi connectivity index (χ0v) is 12.6. The molecule has 0 aromatic heterocycles. The summed E-state index contributed by atoms with van der Waals surface area (Å²) >= 11 is 0. The van der Waals surface area contributed by atoms with Crippen LogP contribution in [0.3, 0.4) is 0 Å². The zero-order valence-electron chi connectivity index (χ0n) is 11.8. The fourth-order valence-corrected chi connectivity index (χ4v) is 2.83. The maximum absolute atomic E-state index is 11.3. The minimum absolute atomic E-state index is 0.481. The molecule has 1 unspecified atom stereocenters. The van der Waals surface area contributed by atoms with Gasteiger partial charge in [0.2, 0.25) is 10.0 Å². The topological polar surface area (TPSA) is 84.9 Å². The molecule has 8 heteroatoms. The van der Waals surface area contributed by atoms with Crippen molar-refractivity contribution in [1.82, 2.24) is 4.72 Å². The van der Waals surface area contributed by atoms with Gasteiger partial charge >= 0.3 is 7.12 Å². The van der Waals surface area contributed by atoms with E-state index in [1.807, 2.05) is 30.3 Å². The van der Waals surface area contributed by atoms with Gasteiger partial charge in [-0.2, -0.15) is 4.72 Å². The van der Waals surface area contributed by atoms with E-state index in [1.165, 1.54) is 0 Å². The van der Waals surface area contributed by atoms with E-state index in [0.717, 1.165) is 6.26 Å². The van der Waals surface area contributed by atoms with Gasteiger partial charge in [-0.25, -0.2) is 8.42 Å². The van der Waals surface area contributed by atoms with Gasteiger partial charge < -0.3 is 14.4 Å². The van der Waals surface area contributed by atoms with E-state index in [1.54, 1.807) is 18.2 Å². The summed E-state index contributed by atoms with van der Waals surface area (Å²) in [6.07, 6.45) is 0.138. The standard InChI is InChI=1S/C14H14BNO5S/c1-22(18,19)16-14-12-8-7-11(9-13(12)15(17)21-14)20-10-5-3-2-4-6-10/h2-9,14,16-17H,1H3. The highest BCUT2D eigenvalue weighted by molar-refractivity contribution is 7.88. The smallest absolute Gasteiger partial charge is 0.457 e. The van der Waals surface area contributed by atoms with Crippen LogP contribution in [0.5, 0.6) is 11.5 Å². The molecule has 1 aliphatic rings. The van der Waals surface area contributed by atoms with E-state index in [9.17, 15) is 13.4 Å². The summed E-state index contributed by atoms with van der Waals surface area (Å²) in [5, 5.41) is 9.93.